The van der Waals surface area contributed by atoms with Crippen molar-refractivity contribution in [3.8, 4) is 0 Å². The Hall–Kier alpha value is -0.410. The van der Waals surface area contributed by atoms with Gasteiger partial charge in [-0.1, -0.05) is 0 Å². The van der Waals surface area contributed by atoms with Gasteiger partial charge >= 0.3 is 0 Å². The molecule has 0 bridgehead atoms. The summed E-state index contributed by atoms with van der Waals surface area (Å²) in [6, 6.07) is 0. The average Bonchev–Trinajstić information content (AvgIpc) is 2.07. The number of aliphatic hydroxyl groups excluding tert-OH is 1. The molecule has 0 amide bonds. The molecule has 0 aromatic carbocycles. The summed E-state index contributed by atoms with van der Waals surface area (Å²) in [5.74, 6) is 0. The van der Waals surface area contributed by atoms with Gasteiger partial charge in [-0.15, -0.1) is 11.8 Å². The number of rotatable bonds is 4. The van der Waals surface area contributed by atoms with Crippen molar-refractivity contribution in [3.05, 3.63) is 23.2 Å². The molecule has 0 aliphatic carbocycles. The highest BCUT2D eigenvalue weighted by atomic mass is 32.2. The van der Waals surface area contributed by atoms with E-state index in [0.717, 1.165) is 19.4 Å². The number of thioether (sulfide) groups is 1. The molecule has 0 spiro atoms. The minimum atomic E-state index is 0.302. The van der Waals surface area contributed by atoms with E-state index in [1.807, 2.05) is 0 Å². The lowest BCUT2D eigenvalue weighted by atomic mass is 10.3. The molecule has 1 aliphatic rings. The van der Waals surface area contributed by atoms with Crippen LogP contribution in [0.2, 0.25) is 0 Å². The highest BCUT2D eigenvalue weighted by molar-refractivity contribution is 8.04. The summed E-state index contributed by atoms with van der Waals surface area (Å²) in [6.07, 6.45) is 6.06. The van der Waals surface area contributed by atoms with Gasteiger partial charge in [0, 0.05) is 25.6 Å². The van der Waals surface area contributed by atoms with Crippen LogP contribution in [0.3, 0.4) is 0 Å². The van der Waals surface area contributed by atoms with Crippen LogP contribution in [0.5, 0.6) is 0 Å². The van der Waals surface area contributed by atoms with E-state index in [0.29, 0.717) is 6.61 Å². The van der Waals surface area contributed by atoms with Gasteiger partial charge in [0.15, 0.2) is 0 Å². The Bertz CT molecular complexity index is 144. The molecule has 0 unspecified atom stereocenters. The van der Waals surface area contributed by atoms with Crippen LogP contribution in [0, 0.1) is 0 Å². The molecule has 1 N–H and O–H groups in total. The van der Waals surface area contributed by atoms with Gasteiger partial charge in [0.05, 0.1) is 0 Å². The van der Waals surface area contributed by atoms with Gasteiger partial charge in [-0.3, -0.25) is 0 Å². The summed E-state index contributed by atoms with van der Waals surface area (Å²) in [6.45, 7) is 1.31. The van der Waals surface area contributed by atoms with Crippen LogP contribution in [0.25, 0.3) is 0 Å². The smallest absolute Gasteiger partial charge is 0.0431 e. The monoisotopic (exact) mass is 171 g/mol. The van der Waals surface area contributed by atoms with E-state index in [2.05, 4.69) is 28.1 Å². The van der Waals surface area contributed by atoms with Crippen molar-refractivity contribution in [2.24, 2.45) is 0 Å². The number of hydrogen-bond acceptors (Lipinski definition) is 3. The van der Waals surface area contributed by atoms with Crippen molar-refractivity contribution in [2.45, 2.75) is 12.8 Å². The van der Waals surface area contributed by atoms with E-state index in [9.17, 15) is 0 Å². The second-order valence-corrected chi connectivity index (χ2v) is 3.19. The Morgan fingerprint density at radius 2 is 1.91 bits per heavy atom. The maximum absolute atomic E-state index is 8.54. The van der Waals surface area contributed by atoms with Crippen molar-refractivity contribution in [1.29, 1.82) is 0 Å². The first-order valence-corrected chi connectivity index (χ1v) is 4.73. The van der Waals surface area contributed by atoms with Crippen LogP contribution < -0.4 is 0 Å². The van der Waals surface area contributed by atoms with Crippen molar-refractivity contribution >= 4 is 11.8 Å². The van der Waals surface area contributed by atoms with Crippen LogP contribution in [0.15, 0.2) is 23.2 Å². The highest BCUT2D eigenvalue weighted by Crippen LogP contribution is 2.12. The Morgan fingerprint density at radius 1 is 1.18 bits per heavy atom. The Kier molecular flexibility index (Phi) is 4.16. The molecule has 0 saturated carbocycles. The summed E-state index contributed by atoms with van der Waals surface area (Å²) < 4.78 is 0. The van der Waals surface area contributed by atoms with Gasteiger partial charge in [-0.05, 0) is 23.7 Å². The number of aliphatic hydroxyl groups is 1. The topological polar surface area (TPSA) is 23.5 Å². The van der Waals surface area contributed by atoms with E-state index in [1.165, 1.54) is 0 Å². The van der Waals surface area contributed by atoms with Crippen molar-refractivity contribution in [3.63, 3.8) is 0 Å². The summed E-state index contributed by atoms with van der Waals surface area (Å²) >= 11 is 1.69. The fraction of sp³-hybridized carbons (Fsp3) is 0.500. The van der Waals surface area contributed by atoms with Gasteiger partial charge in [0.25, 0.3) is 0 Å². The normalized spacial score (nSPS) is 15.9. The third-order valence-electron chi connectivity index (χ3n) is 1.49. The van der Waals surface area contributed by atoms with Crippen LogP contribution >= 0.6 is 11.8 Å². The molecule has 0 atom stereocenters. The standard InChI is InChI=1S/C8H13NOS/c10-6-2-1-3-9-4-7-11-8-5-9/h4-5,7-8,10H,1-3,6H2. The summed E-state index contributed by atoms with van der Waals surface area (Å²) in [5.41, 5.74) is 0. The SMILES string of the molecule is OCCCCN1C=CSC=C1. The first kappa shape index (κ1) is 8.68. The lowest BCUT2D eigenvalue weighted by Gasteiger charge is -2.16. The lowest BCUT2D eigenvalue weighted by molar-refractivity contribution is 0.279. The fourth-order valence-electron chi connectivity index (χ4n) is 0.877. The van der Waals surface area contributed by atoms with Gasteiger partial charge < -0.3 is 10.0 Å². The maximum atomic E-state index is 8.54. The minimum absolute atomic E-state index is 0.302. The summed E-state index contributed by atoms with van der Waals surface area (Å²) in [4.78, 5) is 2.13. The highest BCUT2D eigenvalue weighted by Gasteiger charge is 1.96. The molecule has 0 radical (unpaired) electrons. The van der Waals surface area contributed by atoms with Crippen LogP contribution in [0.4, 0.5) is 0 Å². The third-order valence-corrected chi connectivity index (χ3v) is 2.04. The summed E-state index contributed by atoms with van der Waals surface area (Å²) in [7, 11) is 0. The minimum Gasteiger partial charge on any atom is -0.396 e. The molecule has 2 nitrogen and oxygen atoms in total. The molecule has 1 heterocycles. The Balaban J connectivity index is 2.10. The largest absolute Gasteiger partial charge is 0.396 e. The van der Waals surface area contributed by atoms with Gasteiger partial charge in [0.1, 0.15) is 0 Å². The van der Waals surface area contributed by atoms with E-state index >= 15 is 0 Å². The molecule has 0 saturated heterocycles. The quantitative estimate of drug-likeness (QED) is 0.652. The van der Waals surface area contributed by atoms with Gasteiger partial charge in [-0.2, -0.15) is 0 Å². The molecular formula is C8H13NOS. The molecule has 1 aliphatic heterocycles. The number of nitrogens with zero attached hydrogens (tertiary/aromatic N) is 1. The van der Waals surface area contributed by atoms with E-state index in [-0.39, 0.29) is 0 Å². The summed E-state index contributed by atoms with van der Waals surface area (Å²) in [5, 5.41) is 12.6. The number of unbranched alkanes of at least 4 members (excludes halogenated alkanes) is 1. The average molecular weight is 171 g/mol. The Labute approximate surface area is 71.6 Å². The predicted molar refractivity (Wildman–Crippen MR) is 48.9 cm³/mol. The maximum Gasteiger partial charge on any atom is 0.0431 e. The molecule has 0 fully saturated rings. The molecule has 3 heteroatoms. The first-order valence-electron chi connectivity index (χ1n) is 3.79. The molecule has 11 heavy (non-hydrogen) atoms. The second-order valence-electron chi connectivity index (χ2n) is 2.37. The molecule has 1 rings (SSSR count). The zero-order chi connectivity index (χ0) is 7.94. The van der Waals surface area contributed by atoms with E-state index < -0.39 is 0 Å². The fourth-order valence-corrected chi connectivity index (χ4v) is 1.42. The molecular weight excluding hydrogens is 158 g/mol. The number of hydrogen-bond donors (Lipinski definition) is 1. The predicted octanol–water partition coefficient (Wildman–Crippen LogP) is 1.75. The van der Waals surface area contributed by atoms with Crippen LogP contribution in [-0.2, 0) is 0 Å². The van der Waals surface area contributed by atoms with Crippen LogP contribution in [-0.4, -0.2) is 23.2 Å². The van der Waals surface area contributed by atoms with E-state index in [1.54, 1.807) is 11.8 Å². The van der Waals surface area contributed by atoms with Crippen molar-refractivity contribution < 1.29 is 5.11 Å². The third kappa shape index (κ3) is 3.49. The molecule has 62 valence electrons. The van der Waals surface area contributed by atoms with Crippen molar-refractivity contribution in [2.75, 3.05) is 13.2 Å². The van der Waals surface area contributed by atoms with Crippen molar-refractivity contribution in [1.82, 2.24) is 4.90 Å². The second kappa shape index (κ2) is 5.27. The zero-order valence-electron chi connectivity index (χ0n) is 6.44. The Morgan fingerprint density at radius 3 is 2.55 bits per heavy atom. The molecule has 0 aromatic heterocycles. The lowest BCUT2D eigenvalue weighted by Crippen LogP contribution is -2.12. The molecule has 0 aromatic rings. The van der Waals surface area contributed by atoms with Gasteiger partial charge in [-0.25, -0.2) is 0 Å². The zero-order valence-corrected chi connectivity index (χ0v) is 7.26. The van der Waals surface area contributed by atoms with E-state index in [4.69, 9.17) is 5.11 Å². The first-order chi connectivity index (χ1) is 5.43. The van der Waals surface area contributed by atoms with Gasteiger partial charge in [0.2, 0.25) is 0 Å². The van der Waals surface area contributed by atoms with Crippen LogP contribution in [0.1, 0.15) is 12.8 Å².